The maximum Gasteiger partial charge on any atom is 0.339 e. The summed E-state index contributed by atoms with van der Waals surface area (Å²) >= 11 is 0. The van der Waals surface area contributed by atoms with Gasteiger partial charge in [-0.2, -0.15) is 5.10 Å². The highest BCUT2D eigenvalue weighted by atomic mass is 16.5. The number of aromatic nitrogens is 3. The van der Waals surface area contributed by atoms with Crippen LogP contribution in [0.4, 0.5) is 0 Å². The molecule has 0 radical (unpaired) electrons. The van der Waals surface area contributed by atoms with Gasteiger partial charge in [-0.15, -0.1) is 0 Å². The van der Waals surface area contributed by atoms with Crippen LogP contribution in [0.5, 0.6) is 0 Å². The summed E-state index contributed by atoms with van der Waals surface area (Å²) < 4.78 is 7.22. The molecule has 164 valence electrons. The Morgan fingerprint density at radius 3 is 2.45 bits per heavy atom. The molecule has 7 nitrogen and oxygen atoms in total. The second-order valence-corrected chi connectivity index (χ2v) is 8.14. The zero-order valence-electron chi connectivity index (χ0n) is 18.8. The minimum atomic E-state index is -0.540. The number of esters is 1. The summed E-state index contributed by atoms with van der Waals surface area (Å²) in [5, 5.41) is 5.02. The fourth-order valence-corrected chi connectivity index (χ4v) is 3.36. The first-order valence-electron chi connectivity index (χ1n) is 10.7. The van der Waals surface area contributed by atoms with E-state index in [2.05, 4.69) is 5.10 Å². The summed E-state index contributed by atoms with van der Waals surface area (Å²) in [5.41, 5.74) is 2.85. The molecular weight excluding hydrogens is 392 g/mol. The first-order valence-corrected chi connectivity index (χ1v) is 10.7. The molecule has 0 fully saturated rings. The van der Waals surface area contributed by atoms with Crippen molar-refractivity contribution in [2.45, 2.75) is 53.1 Å². The van der Waals surface area contributed by atoms with Gasteiger partial charge in [0.15, 0.2) is 12.3 Å². The third-order valence-corrected chi connectivity index (χ3v) is 5.16. The number of amides is 1. The van der Waals surface area contributed by atoms with Crippen LogP contribution in [0.1, 0.15) is 68.2 Å². The van der Waals surface area contributed by atoms with Gasteiger partial charge < -0.3 is 9.64 Å². The Bertz CT molecular complexity index is 1060. The highest BCUT2D eigenvalue weighted by molar-refractivity contribution is 6.03. The molecule has 0 aliphatic rings. The summed E-state index contributed by atoms with van der Waals surface area (Å²) in [4.78, 5) is 32.0. The number of rotatable bonds is 8. The number of nitrogens with zero attached hydrogens (tertiary/aromatic N) is 4. The van der Waals surface area contributed by atoms with Crippen molar-refractivity contribution in [3.63, 3.8) is 0 Å². The van der Waals surface area contributed by atoms with Crippen molar-refractivity contribution in [3.05, 3.63) is 59.4 Å². The van der Waals surface area contributed by atoms with Crippen LogP contribution >= 0.6 is 0 Å². The summed E-state index contributed by atoms with van der Waals surface area (Å²) in [5.74, 6) is -0.636. The lowest BCUT2D eigenvalue weighted by Gasteiger charge is -2.21. The topological polar surface area (TPSA) is 77.3 Å². The van der Waals surface area contributed by atoms with Crippen LogP contribution in [0.25, 0.3) is 11.0 Å². The van der Waals surface area contributed by atoms with Gasteiger partial charge in [-0.25, -0.2) is 14.5 Å². The van der Waals surface area contributed by atoms with E-state index < -0.39 is 5.97 Å². The predicted octanol–water partition coefficient (Wildman–Crippen LogP) is 4.34. The summed E-state index contributed by atoms with van der Waals surface area (Å²) in [6, 6.07) is 11.6. The zero-order chi connectivity index (χ0) is 22.5. The largest absolute Gasteiger partial charge is 0.452 e. The van der Waals surface area contributed by atoms with E-state index in [1.54, 1.807) is 21.8 Å². The Hall–Kier alpha value is -3.22. The molecule has 3 aromatic rings. The average molecular weight is 423 g/mol. The minimum absolute atomic E-state index is 0.106. The van der Waals surface area contributed by atoms with Gasteiger partial charge >= 0.3 is 5.97 Å². The van der Waals surface area contributed by atoms with Crippen LogP contribution in [0.15, 0.2) is 42.6 Å². The zero-order valence-corrected chi connectivity index (χ0v) is 18.8. The van der Waals surface area contributed by atoms with Crippen molar-refractivity contribution in [1.82, 2.24) is 19.7 Å². The molecule has 0 atom stereocenters. The van der Waals surface area contributed by atoms with E-state index in [0.29, 0.717) is 29.7 Å². The van der Waals surface area contributed by atoms with Crippen LogP contribution in [0.3, 0.4) is 0 Å². The summed E-state index contributed by atoms with van der Waals surface area (Å²) in [7, 11) is 0. The molecule has 0 saturated carbocycles. The molecule has 0 aliphatic heterocycles. The third-order valence-electron chi connectivity index (χ3n) is 5.16. The van der Waals surface area contributed by atoms with Crippen molar-refractivity contribution in [1.29, 1.82) is 0 Å². The fraction of sp³-hybridized carbons (Fsp3) is 0.417. The Morgan fingerprint density at radius 1 is 1.13 bits per heavy atom. The molecule has 0 spiro atoms. The number of carbonyl (C=O) groups excluding carboxylic acids is 2. The standard InChI is InChI=1S/C24H30N4O3/c1-6-27(14-18-10-8-7-9-11-18)22(29)15-31-24(30)19-12-21(16(2)3)26-23-20(19)13-25-28(23)17(4)5/h7-13,16-17H,6,14-15H2,1-5H3. The van der Waals surface area contributed by atoms with E-state index in [1.807, 2.05) is 65.0 Å². The number of benzene rings is 1. The van der Waals surface area contributed by atoms with Crippen LogP contribution in [0, 0.1) is 0 Å². The van der Waals surface area contributed by atoms with Gasteiger partial charge in [0, 0.05) is 24.8 Å². The van der Waals surface area contributed by atoms with Gasteiger partial charge in [0.2, 0.25) is 0 Å². The van der Waals surface area contributed by atoms with E-state index in [4.69, 9.17) is 9.72 Å². The molecular formula is C24H30N4O3. The van der Waals surface area contributed by atoms with E-state index in [-0.39, 0.29) is 24.5 Å². The van der Waals surface area contributed by atoms with Gasteiger partial charge in [-0.05, 0) is 38.3 Å². The second-order valence-electron chi connectivity index (χ2n) is 8.14. The molecule has 0 saturated heterocycles. The highest BCUT2D eigenvalue weighted by Crippen LogP contribution is 2.25. The van der Waals surface area contributed by atoms with Crippen LogP contribution in [0.2, 0.25) is 0 Å². The van der Waals surface area contributed by atoms with Gasteiger partial charge in [-0.1, -0.05) is 44.2 Å². The number of fused-ring (bicyclic) bond motifs is 1. The summed E-state index contributed by atoms with van der Waals surface area (Å²) in [6.45, 7) is 10.7. The van der Waals surface area contributed by atoms with E-state index in [0.717, 1.165) is 11.3 Å². The Labute approximate surface area is 183 Å². The van der Waals surface area contributed by atoms with Gasteiger partial charge in [0.1, 0.15) is 0 Å². The number of pyridine rings is 1. The first kappa shape index (κ1) is 22.5. The average Bonchev–Trinajstić information content (AvgIpc) is 3.20. The first-order chi connectivity index (χ1) is 14.8. The number of likely N-dealkylation sites (N-methyl/N-ethyl adjacent to an activating group) is 1. The Balaban J connectivity index is 1.78. The summed E-state index contributed by atoms with van der Waals surface area (Å²) in [6.07, 6.45) is 1.64. The fourth-order valence-electron chi connectivity index (χ4n) is 3.36. The predicted molar refractivity (Wildman–Crippen MR) is 120 cm³/mol. The van der Waals surface area contributed by atoms with Gasteiger partial charge in [0.05, 0.1) is 17.1 Å². The maximum atomic E-state index is 12.9. The quantitative estimate of drug-likeness (QED) is 0.505. The van der Waals surface area contributed by atoms with Crippen molar-refractivity contribution >= 4 is 22.9 Å². The molecule has 31 heavy (non-hydrogen) atoms. The van der Waals surface area contributed by atoms with E-state index in [9.17, 15) is 9.59 Å². The molecule has 0 N–H and O–H groups in total. The Morgan fingerprint density at radius 2 is 1.84 bits per heavy atom. The van der Waals surface area contributed by atoms with Crippen molar-refractivity contribution in [3.8, 4) is 0 Å². The maximum absolute atomic E-state index is 12.9. The number of hydrogen-bond donors (Lipinski definition) is 0. The molecule has 7 heteroatoms. The molecule has 1 aromatic carbocycles. The molecule has 3 rings (SSSR count). The highest BCUT2D eigenvalue weighted by Gasteiger charge is 2.21. The lowest BCUT2D eigenvalue weighted by atomic mass is 10.1. The Kier molecular flexibility index (Phi) is 7.05. The van der Waals surface area contributed by atoms with Crippen molar-refractivity contribution < 1.29 is 14.3 Å². The molecule has 0 bridgehead atoms. The van der Waals surface area contributed by atoms with E-state index >= 15 is 0 Å². The monoisotopic (exact) mass is 422 g/mol. The lowest BCUT2D eigenvalue weighted by molar-refractivity contribution is -0.134. The molecule has 2 heterocycles. The lowest BCUT2D eigenvalue weighted by Crippen LogP contribution is -2.34. The van der Waals surface area contributed by atoms with Crippen LogP contribution in [-0.4, -0.2) is 44.7 Å². The van der Waals surface area contributed by atoms with Crippen molar-refractivity contribution in [2.24, 2.45) is 0 Å². The van der Waals surface area contributed by atoms with Gasteiger partial charge in [0.25, 0.3) is 5.91 Å². The van der Waals surface area contributed by atoms with Gasteiger partial charge in [-0.3, -0.25) is 4.79 Å². The van der Waals surface area contributed by atoms with Crippen LogP contribution < -0.4 is 0 Å². The molecule has 0 aliphatic carbocycles. The third kappa shape index (κ3) is 5.10. The van der Waals surface area contributed by atoms with E-state index in [1.165, 1.54) is 0 Å². The van der Waals surface area contributed by atoms with Crippen molar-refractivity contribution in [2.75, 3.05) is 13.2 Å². The van der Waals surface area contributed by atoms with Crippen LogP contribution in [-0.2, 0) is 16.1 Å². The molecule has 2 aromatic heterocycles. The molecule has 1 amide bonds. The second kappa shape index (κ2) is 9.73. The smallest absolute Gasteiger partial charge is 0.339 e. The number of ether oxygens (including phenoxy) is 1. The SMILES string of the molecule is CCN(Cc1ccccc1)C(=O)COC(=O)c1cc(C(C)C)nc2c1cnn2C(C)C. The number of hydrogen-bond acceptors (Lipinski definition) is 5. The number of carbonyl (C=O) groups is 2. The molecule has 0 unspecified atom stereocenters. The normalized spacial score (nSPS) is 11.3. The minimum Gasteiger partial charge on any atom is -0.452 e.